The zero-order chi connectivity index (χ0) is 18.6. The fraction of sp³-hybridized carbons (Fsp3) is 0.200. The van der Waals surface area contributed by atoms with Gasteiger partial charge in [0.2, 0.25) is 0 Å². The quantitative estimate of drug-likeness (QED) is 0.759. The number of hydrazone groups is 1. The minimum atomic E-state index is -0.110. The molecule has 27 heavy (non-hydrogen) atoms. The molecule has 1 aliphatic heterocycles. The van der Waals surface area contributed by atoms with Crippen molar-refractivity contribution in [3.63, 3.8) is 0 Å². The number of hydrogen-bond acceptors (Lipinski definition) is 5. The average molecular weight is 360 g/mol. The van der Waals surface area contributed by atoms with E-state index < -0.39 is 0 Å². The molecule has 0 unspecified atom stereocenters. The summed E-state index contributed by atoms with van der Waals surface area (Å²) < 4.78 is 1.83. The summed E-state index contributed by atoms with van der Waals surface area (Å²) in [5, 5.41) is 9.36. The Morgan fingerprint density at radius 3 is 2.67 bits per heavy atom. The van der Waals surface area contributed by atoms with Crippen LogP contribution in [-0.2, 0) is 6.54 Å². The normalized spacial score (nSPS) is 13.5. The Bertz CT molecular complexity index is 945. The van der Waals surface area contributed by atoms with Gasteiger partial charge in [0, 0.05) is 49.4 Å². The van der Waals surface area contributed by atoms with Gasteiger partial charge >= 0.3 is 0 Å². The SMILES string of the molecule is CC1=NN(c2ccc(C(=O)NCc3ccc(-n4ccnc4)nc3)cc2)CC1. The molecule has 1 aromatic carbocycles. The van der Waals surface area contributed by atoms with E-state index in [2.05, 4.69) is 20.4 Å². The van der Waals surface area contributed by atoms with Crippen molar-refractivity contribution in [3.05, 3.63) is 72.4 Å². The lowest BCUT2D eigenvalue weighted by molar-refractivity contribution is 0.0951. The van der Waals surface area contributed by atoms with Gasteiger partial charge in [-0.15, -0.1) is 0 Å². The van der Waals surface area contributed by atoms with Crippen LogP contribution < -0.4 is 10.3 Å². The van der Waals surface area contributed by atoms with Gasteiger partial charge in [0.15, 0.2) is 0 Å². The van der Waals surface area contributed by atoms with Crippen molar-refractivity contribution in [1.29, 1.82) is 0 Å². The summed E-state index contributed by atoms with van der Waals surface area (Å²) in [7, 11) is 0. The highest BCUT2D eigenvalue weighted by Gasteiger charge is 2.13. The van der Waals surface area contributed by atoms with Crippen molar-refractivity contribution in [3.8, 4) is 5.82 Å². The summed E-state index contributed by atoms with van der Waals surface area (Å²) in [5.41, 5.74) is 3.69. The van der Waals surface area contributed by atoms with Crippen molar-refractivity contribution in [1.82, 2.24) is 19.9 Å². The minimum Gasteiger partial charge on any atom is -0.348 e. The maximum absolute atomic E-state index is 12.4. The van der Waals surface area contributed by atoms with Crippen LogP contribution in [0.2, 0.25) is 0 Å². The molecule has 1 N–H and O–H groups in total. The van der Waals surface area contributed by atoms with Crippen molar-refractivity contribution in [2.45, 2.75) is 19.9 Å². The van der Waals surface area contributed by atoms with Crippen molar-refractivity contribution in [2.75, 3.05) is 11.6 Å². The largest absolute Gasteiger partial charge is 0.348 e. The van der Waals surface area contributed by atoms with Gasteiger partial charge in [-0.3, -0.25) is 14.4 Å². The van der Waals surface area contributed by atoms with Crippen molar-refractivity contribution < 1.29 is 4.79 Å². The summed E-state index contributed by atoms with van der Waals surface area (Å²) in [5.74, 6) is 0.680. The summed E-state index contributed by atoms with van der Waals surface area (Å²) in [6.07, 6.45) is 7.98. The van der Waals surface area contributed by atoms with Gasteiger partial charge in [-0.05, 0) is 42.8 Å². The van der Waals surface area contributed by atoms with Crippen LogP contribution in [0.5, 0.6) is 0 Å². The van der Waals surface area contributed by atoms with E-state index in [-0.39, 0.29) is 5.91 Å². The Morgan fingerprint density at radius 2 is 2.04 bits per heavy atom. The van der Waals surface area contributed by atoms with Gasteiger partial charge in [0.05, 0.1) is 5.69 Å². The Morgan fingerprint density at radius 1 is 1.19 bits per heavy atom. The number of aromatic nitrogens is 3. The van der Waals surface area contributed by atoms with E-state index in [1.165, 1.54) is 0 Å². The molecule has 136 valence electrons. The predicted octanol–water partition coefficient (Wildman–Crippen LogP) is 2.78. The molecule has 0 saturated carbocycles. The van der Waals surface area contributed by atoms with Crippen molar-refractivity contribution in [2.24, 2.45) is 5.10 Å². The lowest BCUT2D eigenvalue weighted by Gasteiger charge is -2.14. The molecule has 4 rings (SSSR count). The van der Waals surface area contributed by atoms with Crippen LogP contribution in [0.25, 0.3) is 5.82 Å². The number of nitrogens with one attached hydrogen (secondary N) is 1. The number of carbonyl (C=O) groups is 1. The first-order valence-corrected chi connectivity index (χ1v) is 8.82. The maximum atomic E-state index is 12.4. The second kappa shape index (κ2) is 7.41. The van der Waals surface area contributed by atoms with E-state index in [1.807, 2.05) is 59.1 Å². The molecule has 1 amide bonds. The van der Waals surface area contributed by atoms with Crippen LogP contribution in [-0.4, -0.2) is 32.7 Å². The molecule has 0 spiro atoms. The van der Waals surface area contributed by atoms with Gasteiger partial charge in [-0.1, -0.05) is 6.07 Å². The summed E-state index contributed by atoms with van der Waals surface area (Å²) in [4.78, 5) is 20.8. The number of amides is 1. The fourth-order valence-electron chi connectivity index (χ4n) is 2.90. The minimum absolute atomic E-state index is 0.110. The van der Waals surface area contributed by atoms with Crippen LogP contribution >= 0.6 is 0 Å². The van der Waals surface area contributed by atoms with Crippen LogP contribution in [0.1, 0.15) is 29.3 Å². The first-order chi connectivity index (χ1) is 13.2. The second-order valence-corrected chi connectivity index (χ2v) is 6.43. The summed E-state index contributed by atoms with van der Waals surface area (Å²) >= 11 is 0. The van der Waals surface area contributed by atoms with E-state index in [0.29, 0.717) is 12.1 Å². The Kier molecular flexibility index (Phi) is 4.65. The molecule has 0 fully saturated rings. The Hall–Kier alpha value is -3.48. The Balaban J connectivity index is 1.35. The smallest absolute Gasteiger partial charge is 0.251 e. The third-order valence-electron chi connectivity index (χ3n) is 4.44. The lowest BCUT2D eigenvalue weighted by Crippen LogP contribution is -2.23. The maximum Gasteiger partial charge on any atom is 0.251 e. The van der Waals surface area contributed by atoms with Crippen molar-refractivity contribution >= 4 is 17.3 Å². The molecule has 0 bridgehead atoms. The molecule has 7 nitrogen and oxygen atoms in total. The molecule has 7 heteroatoms. The first-order valence-electron chi connectivity index (χ1n) is 8.82. The van der Waals surface area contributed by atoms with Crippen LogP contribution in [0.15, 0.2) is 66.4 Å². The number of rotatable bonds is 5. The van der Waals surface area contributed by atoms with Gasteiger partial charge < -0.3 is 5.32 Å². The lowest BCUT2D eigenvalue weighted by atomic mass is 10.2. The van der Waals surface area contributed by atoms with Gasteiger partial charge in [0.1, 0.15) is 12.1 Å². The number of pyridine rings is 1. The third-order valence-corrected chi connectivity index (χ3v) is 4.44. The Labute approximate surface area is 157 Å². The first kappa shape index (κ1) is 17.0. The van der Waals surface area contributed by atoms with E-state index in [4.69, 9.17) is 0 Å². The molecule has 0 aliphatic carbocycles. The number of carbonyl (C=O) groups excluding carboxylic acids is 1. The average Bonchev–Trinajstić information content (AvgIpc) is 3.39. The molecule has 3 heterocycles. The zero-order valence-corrected chi connectivity index (χ0v) is 15.0. The molecule has 1 aliphatic rings. The van der Waals surface area contributed by atoms with E-state index in [1.54, 1.807) is 18.7 Å². The van der Waals surface area contributed by atoms with E-state index in [9.17, 15) is 4.79 Å². The molecule has 0 atom stereocenters. The van der Waals surface area contributed by atoms with E-state index >= 15 is 0 Å². The zero-order valence-electron chi connectivity index (χ0n) is 15.0. The van der Waals surface area contributed by atoms with Gasteiger partial charge in [-0.2, -0.15) is 5.10 Å². The molecule has 3 aromatic rings. The fourth-order valence-corrected chi connectivity index (χ4v) is 2.90. The predicted molar refractivity (Wildman–Crippen MR) is 104 cm³/mol. The number of benzene rings is 1. The standard InChI is InChI=1S/C20H20N6O/c1-15-8-10-26(24-15)18-5-3-17(4-6-18)20(27)23-13-16-2-7-19(22-12-16)25-11-9-21-14-25/h2-7,9,11-12,14H,8,10,13H2,1H3,(H,23,27). The van der Waals surface area contributed by atoms with Crippen LogP contribution in [0.4, 0.5) is 5.69 Å². The number of nitrogens with zero attached hydrogens (tertiary/aromatic N) is 5. The monoisotopic (exact) mass is 360 g/mol. The highest BCUT2D eigenvalue weighted by molar-refractivity contribution is 5.94. The molecular weight excluding hydrogens is 340 g/mol. The summed E-state index contributed by atoms with van der Waals surface area (Å²) in [6.45, 7) is 3.34. The molecule has 0 radical (unpaired) electrons. The summed E-state index contributed by atoms with van der Waals surface area (Å²) in [6, 6.07) is 11.4. The molecule has 0 saturated heterocycles. The molecular formula is C20H20N6O. The molecule has 2 aromatic heterocycles. The second-order valence-electron chi connectivity index (χ2n) is 6.43. The number of imidazole rings is 1. The van der Waals surface area contributed by atoms with Gasteiger partial charge in [0.25, 0.3) is 5.91 Å². The number of hydrogen-bond donors (Lipinski definition) is 1. The third kappa shape index (κ3) is 3.87. The van der Waals surface area contributed by atoms with Crippen LogP contribution in [0.3, 0.4) is 0 Å². The number of anilines is 1. The topological polar surface area (TPSA) is 75.4 Å². The van der Waals surface area contributed by atoms with Crippen LogP contribution in [0, 0.1) is 0 Å². The van der Waals surface area contributed by atoms with Gasteiger partial charge in [-0.25, -0.2) is 9.97 Å². The highest BCUT2D eigenvalue weighted by Crippen LogP contribution is 2.19. The van der Waals surface area contributed by atoms with E-state index in [0.717, 1.165) is 35.7 Å². The highest BCUT2D eigenvalue weighted by atomic mass is 16.1.